The van der Waals surface area contributed by atoms with E-state index in [0.29, 0.717) is 7.11 Å². The molecule has 1 aromatic rings. The van der Waals surface area contributed by atoms with Gasteiger partial charge < -0.3 is 15.2 Å². The number of amides is 1. The topological polar surface area (TPSA) is 75.6 Å². The highest BCUT2D eigenvalue weighted by Gasteiger charge is 2.61. The van der Waals surface area contributed by atoms with Crippen molar-refractivity contribution >= 4 is 40.8 Å². The maximum Gasteiger partial charge on any atom is 0.428 e. The van der Waals surface area contributed by atoms with E-state index in [9.17, 15) is 27.9 Å². The van der Waals surface area contributed by atoms with E-state index >= 15 is 0 Å². The van der Waals surface area contributed by atoms with E-state index in [1.165, 1.54) is 18.2 Å². The zero-order valence-electron chi connectivity index (χ0n) is 11.0. The summed E-state index contributed by atoms with van der Waals surface area (Å²) in [6.07, 6.45) is -6.98. The Hall–Kier alpha value is -1.51. The number of halogens is 5. The third-order valence-electron chi connectivity index (χ3n) is 2.61. The molecule has 0 saturated carbocycles. The molecule has 10 heteroatoms. The van der Waals surface area contributed by atoms with Crippen LogP contribution in [0.1, 0.15) is 6.42 Å². The smallest absolute Gasteiger partial charge is 0.428 e. The number of carbonyl (C=O) groups is 2. The Morgan fingerprint density at radius 3 is 2.41 bits per heavy atom. The Morgan fingerprint density at radius 2 is 1.91 bits per heavy atom. The van der Waals surface area contributed by atoms with Gasteiger partial charge in [-0.05, 0) is 18.2 Å². The summed E-state index contributed by atoms with van der Waals surface area (Å²) in [6, 6.07) is 3.92. The van der Waals surface area contributed by atoms with Crippen molar-refractivity contribution in [1.82, 2.24) is 0 Å². The Morgan fingerprint density at radius 1 is 1.32 bits per heavy atom. The lowest BCUT2D eigenvalue weighted by molar-refractivity contribution is -0.261. The molecular weight excluding hydrogens is 350 g/mol. The molecule has 0 fully saturated rings. The van der Waals surface area contributed by atoms with E-state index in [2.05, 4.69) is 4.74 Å². The van der Waals surface area contributed by atoms with Crippen LogP contribution in [0.5, 0.6) is 0 Å². The highest BCUT2D eigenvalue weighted by molar-refractivity contribution is 6.35. The molecule has 0 aliphatic heterocycles. The predicted octanol–water partition coefficient (Wildman–Crippen LogP) is 2.79. The standard InChI is InChI=1S/C12H10Cl2F3NO4/c1-22-10(20)11(21,12(15,16)17)5-9(19)18-8-4-6(13)2-3-7(8)14/h2-4,21H,5H2,1H3,(H,18,19)/t11-/m1/s1. The second-order valence-corrected chi connectivity index (χ2v) is 5.04. The van der Waals surface area contributed by atoms with Crippen molar-refractivity contribution < 1.29 is 32.6 Å². The van der Waals surface area contributed by atoms with Gasteiger partial charge in [-0.15, -0.1) is 0 Å². The zero-order chi connectivity index (χ0) is 17.1. The average molecular weight is 360 g/mol. The predicted molar refractivity (Wildman–Crippen MR) is 72.7 cm³/mol. The van der Waals surface area contributed by atoms with Crippen molar-refractivity contribution in [3.05, 3.63) is 28.2 Å². The van der Waals surface area contributed by atoms with Crippen LogP contribution in [-0.2, 0) is 14.3 Å². The Balaban J connectivity index is 2.98. The van der Waals surface area contributed by atoms with Crippen LogP contribution in [0, 0.1) is 0 Å². The molecule has 0 aliphatic rings. The number of aliphatic hydroxyl groups is 1. The Kier molecular flexibility index (Phi) is 5.66. The van der Waals surface area contributed by atoms with Gasteiger partial charge in [0.1, 0.15) is 0 Å². The summed E-state index contributed by atoms with van der Waals surface area (Å²) in [5, 5.41) is 11.7. The molecule has 0 spiro atoms. The number of esters is 1. The van der Waals surface area contributed by atoms with Crippen molar-refractivity contribution in [2.75, 3.05) is 12.4 Å². The number of carbonyl (C=O) groups excluding carboxylic acids is 2. The molecule has 0 heterocycles. The van der Waals surface area contributed by atoms with Gasteiger partial charge in [-0.1, -0.05) is 23.2 Å². The summed E-state index contributed by atoms with van der Waals surface area (Å²) in [4.78, 5) is 22.8. The molecule has 122 valence electrons. The van der Waals surface area contributed by atoms with Crippen molar-refractivity contribution in [3.63, 3.8) is 0 Å². The quantitative estimate of drug-likeness (QED) is 0.810. The molecule has 2 N–H and O–H groups in total. The van der Waals surface area contributed by atoms with Gasteiger partial charge in [-0.25, -0.2) is 4.79 Å². The molecule has 5 nitrogen and oxygen atoms in total. The van der Waals surface area contributed by atoms with Gasteiger partial charge in [-0.3, -0.25) is 4.79 Å². The van der Waals surface area contributed by atoms with Crippen LogP contribution in [-0.4, -0.2) is 35.9 Å². The van der Waals surface area contributed by atoms with Gasteiger partial charge in [0, 0.05) is 5.02 Å². The van der Waals surface area contributed by atoms with E-state index in [0.717, 1.165) is 0 Å². The Bertz CT molecular complexity index is 594. The fraction of sp³-hybridized carbons (Fsp3) is 0.333. The molecule has 0 aliphatic carbocycles. The van der Waals surface area contributed by atoms with E-state index in [1.54, 1.807) is 0 Å². The lowest BCUT2D eigenvalue weighted by Crippen LogP contribution is -2.54. The van der Waals surface area contributed by atoms with Crippen LogP contribution in [0.3, 0.4) is 0 Å². The number of hydrogen-bond acceptors (Lipinski definition) is 4. The first kappa shape index (κ1) is 18.5. The number of benzene rings is 1. The SMILES string of the molecule is COC(=O)[C@](O)(CC(=O)Nc1cc(Cl)ccc1Cl)C(F)(F)F. The second kappa shape index (κ2) is 6.72. The molecule has 0 saturated heterocycles. The van der Waals surface area contributed by atoms with Gasteiger partial charge in [0.15, 0.2) is 0 Å². The summed E-state index contributed by atoms with van der Waals surface area (Å²) in [6.45, 7) is 0. The van der Waals surface area contributed by atoms with Crippen molar-refractivity contribution in [1.29, 1.82) is 0 Å². The van der Waals surface area contributed by atoms with Crippen molar-refractivity contribution in [3.8, 4) is 0 Å². The summed E-state index contributed by atoms with van der Waals surface area (Å²) in [5.74, 6) is -3.29. The maximum atomic E-state index is 12.8. The summed E-state index contributed by atoms with van der Waals surface area (Å²) in [5.41, 5.74) is -4.02. The average Bonchev–Trinajstić information content (AvgIpc) is 2.40. The van der Waals surface area contributed by atoms with E-state index in [1.807, 2.05) is 5.32 Å². The fourth-order valence-corrected chi connectivity index (χ4v) is 1.81. The number of ether oxygens (including phenoxy) is 1. The van der Waals surface area contributed by atoms with Gasteiger partial charge in [0.2, 0.25) is 5.91 Å². The van der Waals surface area contributed by atoms with E-state index in [-0.39, 0.29) is 15.7 Å². The van der Waals surface area contributed by atoms with Crippen LogP contribution in [0.4, 0.5) is 18.9 Å². The zero-order valence-corrected chi connectivity index (χ0v) is 12.5. The molecule has 0 aromatic heterocycles. The van der Waals surface area contributed by atoms with Crippen LogP contribution < -0.4 is 5.32 Å². The Labute approximate surface area is 133 Å². The van der Waals surface area contributed by atoms with Crippen molar-refractivity contribution in [2.45, 2.75) is 18.2 Å². The first-order valence-electron chi connectivity index (χ1n) is 5.63. The molecule has 0 radical (unpaired) electrons. The first-order chi connectivity index (χ1) is 10.0. The minimum Gasteiger partial charge on any atom is -0.467 e. The van der Waals surface area contributed by atoms with Crippen LogP contribution in [0.25, 0.3) is 0 Å². The highest BCUT2D eigenvalue weighted by Crippen LogP contribution is 2.35. The molecule has 1 amide bonds. The van der Waals surface area contributed by atoms with Crippen molar-refractivity contribution in [2.24, 2.45) is 0 Å². The molecule has 0 unspecified atom stereocenters. The summed E-state index contributed by atoms with van der Waals surface area (Å²) in [7, 11) is 0.658. The molecular formula is C12H10Cl2F3NO4. The fourth-order valence-electron chi connectivity index (χ4n) is 1.48. The van der Waals surface area contributed by atoms with Gasteiger partial charge >= 0.3 is 12.1 Å². The highest BCUT2D eigenvalue weighted by atomic mass is 35.5. The monoisotopic (exact) mass is 359 g/mol. The van der Waals surface area contributed by atoms with E-state index in [4.69, 9.17) is 23.2 Å². The van der Waals surface area contributed by atoms with Crippen LogP contribution in [0.2, 0.25) is 10.0 Å². The molecule has 1 aromatic carbocycles. The summed E-state index contributed by atoms with van der Waals surface area (Å²) < 4.78 is 42.3. The maximum absolute atomic E-state index is 12.8. The number of anilines is 1. The van der Waals surface area contributed by atoms with Crippen LogP contribution >= 0.6 is 23.2 Å². The van der Waals surface area contributed by atoms with Gasteiger partial charge in [0.05, 0.1) is 24.2 Å². The number of nitrogens with one attached hydrogen (secondary N) is 1. The molecule has 22 heavy (non-hydrogen) atoms. The number of rotatable bonds is 4. The second-order valence-electron chi connectivity index (χ2n) is 4.20. The third kappa shape index (κ3) is 4.02. The first-order valence-corrected chi connectivity index (χ1v) is 6.39. The molecule has 1 atom stereocenters. The molecule has 1 rings (SSSR count). The lowest BCUT2D eigenvalue weighted by Gasteiger charge is -2.26. The molecule has 0 bridgehead atoms. The third-order valence-corrected chi connectivity index (χ3v) is 3.18. The minimum atomic E-state index is -5.39. The van der Waals surface area contributed by atoms with Gasteiger partial charge in [-0.2, -0.15) is 13.2 Å². The number of methoxy groups -OCH3 is 1. The number of hydrogen-bond donors (Lipinski definition) is 2. The van der Waals surface area contributed by atoms with Gasteiger partial charge in [0.25, 0.3) is 5.60 Å². The largest absolute Gasteiger partial charge is 0.467 e. The summed E-state index contributed by atoms with van der Waals surface area (Å²) >= 11 is 11.4. The minimum absolute atomic E-state index is 0.0198. The van der Waals surface area contributed by atoms with E-state index < -0.39 is 30.1 Å². The lowest BCUT2D eigenvalue weighted by atomic mass is 9.98. The normalized spacial score (nSPS) is 14.1. The number of alkyl halides is 3. The van der Waals surface area contributed by atoms with Crippen LogP contribution in [0.15, 0.2) is 18.2 Å².